The zero-order valence-electron chi connectivity index (χ0n) is 11.0. The number of rotatable bonds is 4. The fraction of sp³-hybridized carbons (Fsp3) is 0. The summed E-state index contributed by atoms with van der Waals surface area (Å²) in [4.78, 5) is 10.9. The first kappa shape index (κ1) is 16.5. The maximum absolute atomic E-state index is 11.7. The van der Waals surface area contributed by atoms with E-state index in [2.05, 4.69) is 0 Å². The van der Waals surface area contributed by atoms with E-state index < -0.39 is 15.0 Å². The number of carbonyl (C=O) groups is 1. The van der Waals surface area contributed by atoms with E-state index in [1.54, 1.807) is 30.3 Å². The molecule has 2 rings (SSSR count). The van der Waals surface area contributed by atoms with E-state index >= 15 is 0 Å². The van der Waals surface area contributed by atoms with Crippen molar-refractivity contribution in [3.05, 3.63) is 70.8 Å². The van der Waals surface area contributed by atoms with Crippen LogP contribution in [0.4, 0.5) is 0 Å². The van der Waals surface area contributed by atoms with Gasteiger partial charge in [0.05, 0.1) is 4.90 Å². The van der Waals surface area contributed by atoms with Crippen LogP contribution in [-0.2, 0) is 13.8 Å². The fourth-order valence-electron chi connectivity index (χ4n) is 1.97. The highest BCUT2D eigenvalue weighted by atomic mass is 35.7. The molecule has 0 heterocycles. The SMILES string of the molecule is O=C(O)C=C(c1ccc(Cl)cc1)c1ccccc1S(=O)(=O)Cl. The number of hydrogen-bond donors (Lipinski definition) is 1. The molecule has 0 aliphatic carbocycles. The van der Waals surface area contributed by atoms with Crippen LogP contribution >= 0.6 is 22.3 Å². The van der Waals surface area contributed by atoms with Crippen LogP contribution in [0.25, 0.3) is 5.57 Å². The third-order valence-electron chi connectivity index (χ3n) is 2.86. The molecule has 114 valence electrons. The van der Waals surface area contributed by atoms with Crippen LogP contribution in [0, 0.1) is 0 Å². The molecule has 1 N–H and O–H groups in total. The lowest BCUT2D eigenvalue weighted by molar-refractivity contribution is -0.131. The molecule has 2 aromatic rings. The molecule has 22 heavy (non-hydrogen) atoms. The summed E-state index contributed by atoms with van der Waals surface area (Å²) in [5, 5.41) is 9.55. The number of aliphatic carboxylic acids is 1. The van der Waals surface area contributed by atoms with Gasteiger partial charge >= 0.3 is 5.97 Å². The fourth-order valence-corrected chi connectivity index (χ4v) is 3.18. The summed E-state index contributed by atoms with van der Waals surface area (Å²) in [6.07, 6.45) is 0.935. The average molecular weight is 357 g/mol. The van der Waals surface area contributed by atoms with Gasteiger partial charge in [0.1, 0.15) is 0 Å². The van der Waals surface area contributed by atoms with Crippen LogP contribution in [0.3, 0.4) is 0 Å². The van der Waals surface area contributed by atoms with Gasteiger partial charge in [0.15, 0.2) is 0 Å². The van der Waals surface area contributed by atoms with Crippen LogP contribution in [0.5, 0.6) is 0 Å². The average Bonchev–Trinajstić information content (AvgIpc) is 2.45. The van der Waals surface area contributed by atoms with Crippen molar-refractivity contribution in [3.63, 3.8) is 0 Å². The molecule has 0 aliphatic rings. The minimum absolute atomic E-state index is 0.154. The third kappa shape index (κ3) is 3.88. The summed E-state index contributed by atoms with van der Waals surface area (Å²) in [6, 6.07) is 12.3. The van der Waals surface area contributed by atoms with Gasteiger partial charge in [-0.15, -0.1) is 0 Å². The lowest BCUT2D eigenvalue weighted by Crippen LogP contribution is -2.01. The van der Waals surface area contributed by atoms with Crippen LogP contribution in [0.2, 0.25) is 5.02 Å². The van der Waals surface area contributed by atoms with Crippen molar-refractivity contribution in [3.8, 4) is 0 Å². The van der Waals surface area contributed by atoms with Crippen molar-refractivity contribution in [2.45, 2.75) is 4.90 Å². The summed E-state index contributed by atoms with van der Waals surface area (Å²) in [7, 11) is 1.42. The molecule has 0 atom stereocenters. The highest BCUT2D eigenvalue weighted by Gasteiger charge is 2.19. The minimum Gasteiger partial charge on any atom is -0.478 e. The Morgan fingerprint density at radius 2 is 1.64 bits per heavy atom. The largest absolute Gasteiger partial charge is 0.478 e. The van der Waals surface area contributed by atoms with Gasteiger partial charge in [-0.2, -0.15) is 0 Å². The van der Waals surface area contributed by atoms with Gasteiger partial charge in [-0.1, -0.05) is 41.9 Å². The number of hydrogen-bond acceptors (Lipinski definition) is 3. The van der Waals surface area contributed by atoms with Crippen molar-refractivity contribution in [2.24, 2.45) is 0 Å². The summed E-state index contributed by atoms with van der Waals surface area (Å²) in [5.74, 6) is -1.20. The molecule has 2 aromatic carbocycles. The van der Waals surface area contributed by atoms with Gasteiger partial charge in [-0.25, -0.2) is 13.2 Å². The van der Waals surface area contributed by atoms with Gasteiger partial charge in [-0.05, 0) is 29.3 Å². The molecule has 0 aliphatic heterocycles. The van der Waals surface area contributed by atoms with Gasteiger partial charge in [0.2, 0.25) is 0 Å². The Labute approximate surface area is 137 Å². The van der Waals surface area contributed by atoms with Crippen molar-refractivity contribution in [2.75, 3.05) is 0 Å². The molecule has 0 unspecified atom stereocenters. The first-order valence-electron chi connectivity index (χ1n) is 6.03. The topological polar surface area (TPSA) is 71.4 Å². The van der Waals surface area contributed by atoms with E-state index in [4.69, 9.17) is 27.4 Å². The zero-order valence-corrected chi connectivity index (χ0v) is 13.4. The monoisotopic (exact) mass is 356 g/mol. The van der Waals surface area contributed by atoms with Crippen molar-refractivity contribution >= 4 is 42.9 Å². The highest BCUT2D eigenvalue weighted by molar-refractivity contribution is 8.13. The Morgan fingerprint density at radius 1 is 1.05 bits per heavy atom. The smallest absolute Gasteiger partial charge is 0.328 e. The van der Waals surface area contributed by atoms with Crippen LogP contribution < -0.4 is 0 Å². The number of carboxylic acids is 1. The Hall–Kier alpha value is -1.82. The van der Waals surface area contributed by atoms with E-state index in [0.29, 0.717) is 10.6 Å². The van der Waals surface area contributed by atoms with E-state index in [0.717, 1.165) is 6.08 Å². The van der Waals surface area contributed by atoms with Crippen LogP contribution in [0.15, 0.2) is 59.5 Å². The summed E-state index contributed by atoms with van der Waals surface area (Å²) in [5.41, 5.74) is 0.950. The molecule has 0 spiro atoms. The molecule has 0 saturated carbocycles. The molecular weight excluding hydrogens is 347 g/mol. The number of halogens is 2. The first-order valence-corrected chi connectivity index (χ1v) is 8.72. The zero-order chi connectivity index (χ0) is 16.3. The predicted molar refractivity (Wildman–Crippen MR) is 85.6 cm³/mol. The first-order chi connectivity index (χ1) is 10.3. The Morgan fingerprint density at radius 3 is 2.18 bits per heavy atom. The maximum atomic E-state index is 11.7. The van der Waals surface area contributed by atoms with E-state index in [1.807, 2.05) is 0 Å². The van der Waals surface area contributed by atoms with Gasteiger partial charge in [0.25, 0.3) is 9.05 Å². The van der Waals surface area contributed by atoms with Gasteiger partial charge in [-0.3, -0.25) is 0 Å². The standard InChI is InChI=1S/C15H10Cl2O4S/c16-11-7-5-10(6-8-11)13(9-15(18)19)12-3-1-2-4-14(12)22(17,20)21/h1-9H,(H,18,19). The maximum Gasteiger partial charge on any atom is 0.328 e. The van der Waals surface area contributed by atoms with E-state index in [1.165, 1.54) is 18.2 Å². The molecule has 7 heteroatoms. The van der Waals surface area contributed by atoms with Gasteiger partial charge in [0, 0.05) is 27.3 Å². The lowest BCUT2D eigenvalue weighted by Gasteiger charge is -2.11. The molecule has 0 bridgehead atoms. The van der Waals surface area contributed by atoms with Crippen molar-refractivity contribution < 1.29 is 18.3 Å². The Kier molecular flexibility index (Phi) is 4.90. The molecule has 4 nitrogen and oxygen atoms in total. The second-order valence-corrected chi connectivity index (χ2v) is 7.31. The lowest BCUT2D eigenvalue weighted by atomic mass is 9.97. The molecule has 0 saturated heterocycles. The molecule has 0 fully saturated rings. The van der Waals surface area contributed by atoms with Crippen molar-refractivity contribution in [1.29, 1.82) is 0 Å². The summed E-state index contributed by atoms with van der Waals surface area (Å²) < 4.78 is 23.4. The predicted octanol–water partition coefficient (Wildman–Crippen LogP) is 3.78. The summed E-state index contributed by atoms with van der Waals surface area (Å²) in [6.45, 7) is 0. The Bertz CT molecular complexity index is 840. The van der Waals surface area contributed by atoms with Crippen LogP contribution in [-0.4, -0.2) is 19.5 Å². The quantitative estimate of drug-likeness (QED) is 0.668. The second-order valence-electron chi connectivity index (χ2n) is 4.34. The second kappa shape index (κ2) is 6.52. The highest BCUT2D eigenvalue weighted by Crippen LogP contribution is 2.31. The summed E-state index contributed by atoms with van der Waals surface area (Å²) >= 11 is 5.82. The minimum atomic E-state index is -4.02. The molecule has 0 radical (unpaired) electrons. The molecule has 0 amide bonds. The number of benzene rings is 2. The number of carboxylic acid groups (broad SMARTS) is 1. The van der Waals surface area contributed by atoms with Crippen molar-refractivity contribution in [1.82, 2.24) is 0 Å². The molecule has 0 aromatic heterocycles. The normalized spacial score (nSPS) is 12.2. The Balaban J connectivity index is 2.72. The van der Waals surface area contributed by atoms with E-state index in [-0.39, 0.29) is 16.0 Å². The van der Waals surface area contributed by atoms with Gasteiger partial charge < -0.3 is 5.11 Å². The van der Waals surface area contributed by atoms with Crippen LogP contribution in [0.1, 0.15) is 11.1 Å². The third-order valence-corrected chi connectivity index (χ3v) is 4.49. The molecular formula is C15H10Cl2O4S. The van der Waals surface area contributed by atoms with E-state index in [9.17, 15) is 13.2 Å².